The van der Waals surface area contributed by atoms with E-state index in [9.17, 15) is 9.59 Å². The fourth-order valence-corrected chi connectivity index (χ4v) is 2.55. The molecule has 2 rings (SSSR count). The molecule has 4 heteroatoms. The van der Waals surface area contributed by atoms with Gasteiger partial charge in [-0.25, -0.2) is 0 Å². The van der Waals surface area contributed by atoms with Crippen LogP contribution in [-0.2, 0) is 4.79 Å². The predicted molar refractivity (Wildman–Crippen MR) is 97.1 cm³/mol. The van der Waals surface area contributed by atoms with E-state index in [-0.39, 0.29) is 17.7 Å². The van der Waals surface area contributed by atoms with E-state index in [0.717, 1.165) is 11.3 Å². The van der Waals surface area contributed by atoms with E-state index >= 15 is 0 Å². The predicted octanol–water partition coefficient (Wildman–Crippen LogP) is 3.41. The summed E-state index contributed by atoms with van der Waals surface area (Å²) in [5, 5.41) is 2.89. The third-order valence-corrected chi connectivity index (χ3v) is 4.08. The largest absolute Gasteiger partial charge is 0.340 e. The lowest BCUT2D eigenvalue weighted by Crippen LogP contribution is -2.50. The molecule has 126 valence electrons. The van der Waals surface area contributed by atoms with E-state index < -0.39 is 6.04 Å². The van der Waals surface area contributed by atoms with Crippen molar-refractivity contribution in [3.63, 3.8) is 0 Å². The van der Waals surface area contributed by atoms with Crippen LogP contribution < -0.4 is 10.2 Å². The molecule has 1 unspecified atom stereocenters. The third-order valence-electron chi connectivity index (χ3n) is 4.08. The summed E-state index contributed by atoms with van der Waals surface area (Å²) in [6.07, 6.45) is 0. The Hall–Kier alpha value is -2.62. The lowest BCUT2D eigenvalue weighted by molar-refractivity contribution is -0.121. The number of anilines is 1. The number of aryl methyl sites for hydroxylation is 1. The average molecular weight is 324 g/mol. The maximum atomic E-state index is 12.8. The lowest BCUT2D eigenvalue weighted by Gasteiger charge is -2.27. The van der Waals surface area contributed by atoms with Gasteiger partial charge in [0.25, 0.3) is 5.91 Å². The fourth-order valence-electron chi connectivity index (χ4n) is 2.55. The first kappa shape index (κ1) is 17.7. The average Bonchev–Trinajstić information content (AvgIpc) is 2.59. The molecule has 1 N–H and O–H groups in total. The Morgan fingerprint density at radius 3 is 2.12 bits per heavy atom. The summed E-state index contributed by atoms with van der Waals surface area (Å²) < 4.78 is 0. The fraction of sp³-hybridized carbons (Fsp3) is 0.300. The molecule has 0 aromatic heterocycles. The summed E-state index contributed by atoms with van der Waals surface area (Å²) in [4.78, 5) is 27.0. The van der Waals surface area contributed by atoms with Crippen molar-refractivity contribution in [2.24, 2.45) is 5.92 Å². The first-order valence-electron chi connectivity index (χ1n) is 8.11. The number of likely N-dealkylation sites (N-methyl/N-ethyl adjacent to an activating group) is 1. The normalized spacial score (nSPS) is 11.9. The van der Waals surface area contributed by atoms with Gasteiger partial charge in [-0.05, 0) is 36.6 Å². The topological polar surface area (TPSA) is 49.4 Å². The molecule has 0 bridgehead atoms. The number of hydrogen-bond acceptors (Lipinski definition) is 2. The Balaban J connectivity index is 2.19. The zero-order valence-corrected chi connectivity index (χ0v) is 14.6. The quantitative estimate of drug-likeness (QED) is 0.916. The molecule has 2 aromatic carbocycles. The van der Waals surface area contributed by atoms with Gasteiger partial charge >= 0.3 is 0 Å². The number of carbonyl (C=O) groups excluding carboxylic acids is 2. The number of carbonyl (C=O) groups is 2. The van der Waals surface area contributed by atoms with E-state index in [4.69, 9.17) is 0 Å². The zero-order valence-electron chi connectivity index (χ0n) is 14.6. The smallest absolute Gasteiger partial charge is 0.252 e. The highest BCUT2D eigenvalue weighted by Crippen LogP contribution is 2.16. The van der Waals surface area contributed by atoms with Crippen molar-refractivity contribution in [2.45, 2.75) is 26.8 Å². The minimum absolute atomic E-state index is 0.0170. The molecule has 0 spiro atoms. The highest BCUT2D eigenvalue weighted by molar-refractivity contribution is 6.02. The van der Waals surface area contributed by atoms with Crippen molar-refractivity contribution >= 4 is 17.5 Å². The number of amides is 2. The summed E-state index contributed by atoms with van der Waals surface area (Å²) in [6.45, 7) is 5.75. The van der Waals surface area contributed by atoms with Gasteiger partial charge in [0.1, 0.15) is 6.04 Å². The van der Waals surface area contributed by atoms with Crippen LogP contribution in [0.15, 0.2) is 54.6 Å². The first-order chi connectivity index (χ1) is 11.4. The van der Waals surface area contributed by atoms with Gasteiger partial charge < -0.3 is 10.2 Å². The molecule has 0 fully saturated rings. The van der Waals surface area contributed by atoms with Gasteiger partial charge in [-0.1, -0.05) is 50.2 Å². The molecular weight excluding hydrogens is 300 g/mol. The van der Waals surface area contributed by atoms with Crippen molar-refractivity contribution in [2.75, 3.05) is 11.9 Å². The minimum atomic E-state index is -0.581. The molecule has 4 nitrogen and oxygen atoms in total. The van der Waals surface area contributed by atoms with Crippen LogP contribution in [-0.4, -0.2) is 24.9 Å². The molecule has 2 aromatic rings. The summed E-state index contributed by atoms with van der Waals surface area (Å²) in [5.74, 6) is -0.364. The Bertz CT molecular complexity index is 711. The molecule has 24 heavy (non-hydrogen) atoms. The maximum Gasteiger partial charge on any atom is 0.252 e. The van der Waals surface area contributed by atoms with Crippen molar-refractivity contribution in [1.82, 2.24) is 5.32 Å². The van der Waals surface area contributed by atoms with Crippen molar-refractivity contribution in [1.29, 1.82) is 0 Å². The SMILES string of the molecule is Cc1ccccc1C(=O)NC(C(=O)N(C)c1ccccc1)C(C)C. The number of benzene rings is 2. The zero-order chi connectivity index (χ0) is 17.7. The standard InChI is InChI=1S/C20H24N2O2/c1-14(2)18(20(24)22(4)16-11-6-5-7-12-16)21-19(23)17-13-9-8-10-15(17)3/h5-14,18H,1-4H3,(H,21,23). The van der Waals surface area contributed by atoms with Gasteiger partial charge in [-0.15, -0.1) is 0 Å². The molecule has 2 amide bonds. The summed E-state index contributed by atoms with van der Waals surface area (Å²) in [6, 6.07) is 16.2. The van der Waals surface area contributed by atoms with Gasteiger partial charge in [0, 0.05) is 18.3 Å². The van der Waals surface area contributed by atoms with Crippen LogP contribution in [0.4, 0.5) is 5.69 Å². The van der Waals surface area contributed by atoms with Crippen LogP contribution in [0.5, 0.6) is 0 Å². The van der Waals surface area contributed by atoms with E-state index in [2.05, 4.69) is 5.32 Å². The molecule has 1 atom stereocenters. The molecule has 0 aliphatic heterocycles. The van der Waals surface area contributed by atoms with Crippen LogP contribution in [0, 0.1) is 12.8 Å². The molecule has 0 radical (unpaired) electrons. The monoisotopic (exact) mass is 324 g/mol. The Morgan fingerprint density at radius 2 is 1.54 bits per heavy atom. The maximum absolute atomic E-state index is 12.8. The second-order valence-electron chi connectivity index (χ2n) is 6.24. The number of rotatable bonds is 5. The summed E-state index contributed by atoms with van der Waals surface area (Å²) >= 11 is 0. The molecule has 0 aliphatic carbocycles. The highest BCUT2D eigenvalue weighted by Gasteiger charge is 2.28. The van der Waals surface area contributed by atoms with Crippen molar-refractivity contribution in [3.05, 3.63) is 65.7 Å². The number of nitrogens with one attached hydrogen (secondary N) is 1. The van der Waals surface area contributed by atoms with E-state index in [1.165, 1.54) is 0 Å². The second-order valence-corrected chi connectivity index (χ2v) is 6.24. The van der Waals surface area contributed by atoms with Crippen LogP contribution >= 0.6 is 0 Å². The number of nitrogens with zero attached hydrogens (tertiary/aromatic N) is 1. The van der Waals surface area contributed by atoms with E-state index in [0.29, 0.717) is 5.56 Å². The van der Waals surface area contributed by atoms with Crippen LogP contribution in [0.25, 0.3) is 0 Å². The van der Waals surface area contributed by atoms with Gasteiger partial charge in [0.15, 0.2) is 0 Å². The van der Waals surface area contributed by atoms with E-state index in [1.54, 1.807) is 18.0 Å². The Morgan fingerprint density at radius 1 is 0.958 bits per heavy atom. The Labute approximate surface area is 143 Å². The highest BCUT2D eigenvalue weighted by atomic mass is 16.2. The third kappa shape index (κ3) is 4.02. The van der Waals surface area contributed by atoms with Gasteiger partial charge in [0.2, 0.25) is 5.91 Å². The first-order valence-corrected chi connectivity index (χ1v) is 8.11. The van der Waals surface area contributed by atoms with Crippen LogP contribution in [0.3, 0.4) is 0 Å². The number of para-hydroxylation sites is 1. The van der Waals surface area contributed by atoms with Gasteiger partial charge in [-0.3, -0.25) is 9.59 Å². The van der Waals surface area contributed by atoms with E-state index in [1.807, 2.05) is 69.3 Å². The van der Waals surface area contributed by atoms with Crippen LogP contribution in [0.1, 0.15) is 29.8 Å². The molecular formula is C20H24N2O2. The van der Waals surface area contributed by atoms with Crippen molar-refractivity contribution in [3.8, 4) is 0 Å². The van der Waals surface area contributed by atoms with Gasteiger partial charge in [0.05, 0.1) is 0 Å². The molecule has 0 saturated heterocycles. The molecule has 0 heterocycles. The lowest BCUT2D eigenvalue weighted by atomic mass is 10.0. The van der Waals surface area contributed by atoms with Crippen LogP contribution in [0.2, 0.25) is 0 Å². The minimum Gasteiger partial charge on any atom is -0.340 e. The summed E-state index contributed by atoms with van der Waals surface area (Å²) in [7, 11) is 1.73. The number of hydrogen-bond donors (Lipinski definition) is 1. The molecule has 0 aliphatic rings. The summed E-state index contributed by atoms with van der Waals surface area (Å²) in [5.41, 5.74) is 2.29. The second kappa shape index (κ2) is 7.77. The Kier molecular flexibility index (Phi) is 5.74. The van der Waals surface area contributed by atoms with Crippen molar-refractivity contribution < 1.29 is 9.59 Å². The molecule has 0 saturated carbocycles. The van der Waals surface area contributed by atoms with Gasteiger partial charge in [-0.2, -0.15) is 0 Å².